The summed E-state index contributed by atoms with van der Waals surface area (Å²) >= 11 is 0. The molecule has 0 spiro atoms. The lowest BCUT2D eigenvalue weighted by Gasteiger charge is -2.25. The van der Waals surface area contributed by atoms with Gasteiger partial charge in [-0.15, -0.1) is 0 Å². The maximum atomic E-state index is 10.8. The minimum Gasteiger partial charge on any atom is -0.459 e. The molecule has 0 radical (unpaired) electrons. The number of esters is 1. The molecule has 1 aliphatic rings. The first-order valence-electron chi connectivity index (χ1n) is 4.31. The first kappa shape index (κ1) is 9.26. The summed E-state index contributed by atoms with van der Waals surface area (Å²) in [4.78, 5) is 10.8. The Bertz CT molecular complexity index is 171. The maximum Gasteiger partial charge on any atom is 0.330 e. The predicted octanol–water partition coefficient (Wildman–Crippen LogP) is 0.985. The smallest absolute Gasteiger partial charge is 0.330 e. The highest BCUT2D eigenvalue weighted by atomic mass is 16.5. The zero-order valence-electron chi connectivity index (χ0n) is 7.16. The van der Waals surface area contributed by atoms with Crippen LogP contribution in [0.2, 0.25) is 0 Å². The molecule has 2 N–H and O–H groups in total. The van der Waals surface area contributed by atoms with Gasteiger partial charge < -0.3 is 10.5 Å². The molecule has 1 rings (SSSR count). The molecule has 0 bridgehead atoms. The Morgan fingerprint density at radius 3 is 2.50 bits per heavy atom. The van der Waals surface area contributed by atoms with Crippen molar-refractivity contribution in [2.75, 3.05) is 0 Å². The summed E-state index contributed by atoms with van der Waals surface area (Å²) in [5.74, 6) is -0.324. The molecule has 1 saturated carbocycles. The van der Waals surface area contributed by atoms with Crippen molar-refractivity contribution >= 4 is 5.97 Å². The highest BCUT2D eigenvalue weighted by molar-refractivity contribution is 5.81. The highest BCUT2D eigenvalue weighted by Gasteiger charge is 2.20. The molecule has 0 aliphatic heterocycles. The van der Waals surface area contributed by atoms with Crippen molar-refractivity contribution in [3.8, 4) is 0 Å². The third-order valence-corrected chi connectivity index (χ3v) is 2.17. The third-order valence-electron chi connectivity index (χ3n) is 2.17. The van der Waals surface area contributed by atoms with E-state index in [1.165, 1.54) is 6.08 Å². The van der Waals surface area contributed by atoms with Crippen LogP contribution in [-0.4, -0.2) is 18.1 Å². The molecule has 3 nitrogen and oxygen atoms in total. The van der Waals surface area contributed by atoms with Gasteiger partial charge in [-0.2, -0.15) is 0 Å². The van der Waals surface area contributed by atoms with E-state index in [4.69, 9.17) is 10.5 Å². The van der Waals surface area contributed by atoms with Crippen molar-refractivity contribution in [3.05, 3.63) is 12.7 Å². The van der Waals surface area contributed by atoms with Crippen molar-refractivity contribution in [1.82, 2.24) is 0 Å². The van der Waals surface area contributed by atoms with Gasteiger partial charge >= 0.3 is 5.97 Å². The van der Waals surface area contributed by atoms with E-state index in [-0.39, 0.29) is 12.1 Å². The first-order valence-corrected chi connectivity index (χ1v) is 4.31. The lowest BCUT2D eigenvalue weighted by Crippen LogP contribution is -2.31. The molecule has 0 amide bonds. The molecule has 0 aromatic heterocycles. The molecule has 0 unspecified atom stereocenters. The van der Waals surface area contributed by atoms with Gasteiger partial charge in [0.05, 0.1) is 0 Å². The summed E-state index contributed by atoms with van der Waals surface area (Å²) in [6, 6.07) is 0.295. The van der Waals surface area contributed by atoms with Crippen molar-refractivity contribution in [2.45, 2.75) is 37.8 Å². The normalized spacial score (nSPS) is 29.4. The number of hydrogen-bond acceptors (Lipinski definition) is 3. The SMILES string of the molecule is C=CC(=O)OC1CCC(N)CC1. The van der Waals surface area contributed by atoms with Gasteiger partial charge in [-0.25, -0.2) is 4.79 Å². The monoisotopic (exact) mass is 169 g/mol. The largest absolute Gasteiger partial charge is 0.459 e. The Morgan fingerprint density at radius 2 is 2.00 bits per heavy atom. The van der Waals surface area contributed by atoms with E-state index < -0.39 is 0 Å². The summed E-state index contributed by atoms with van der Waals surface area (Å²) in [6.07, 6.45) is 4.95. The van der Waals surface area contributed by atoms with Crippen LogP contribution in [0.1, 0.15) is 25.7 Å². The van der Waals surface area contributed by atoms with E-state index in [2.05, 4.69) is 6.58 Å². The topological polar surface area (TPSA) is 52.3 Å². The van der Waals surface area contributed by atoms with Crippen LogP contribution in [0.15, 0.2) is 12.7 Å². The molecule has 0 aromatic rings. The Kier molecular flexibility index (Phi) is 3.29. The summed E-state index contributed by atoms with van der Waals surface area (Å²) < 4.78 is 5.08. The van der Waals surface area contributed by atoms with Crippen molar-refractivity contribution < 1.29 is 9.53 Å². The second-order valence-corrected chi connectivity index (χ2v) is 3.18. The van der Waals surface area contributed by atoms with Crippen LogP contribution in [0, 0.1) is 0 Å². The summed E-state index contributed by atoms with van der Waals surface area (Å²) in [7, 11) is 0. The number of hydrogen-bond donors (Lipinski definition) is 1. The van der Waals surface area contributed by atoms with Gasteiger partial charge in [0, 0.05) is 12.1 Å². The van der Waals surface area contributed by atoms with Gasteiger partial charge in [0.15, 0.2) is 0 Å². The zero-order chi connectivity index (χ0) is 8.97. The number of carbonyl (C=O) groups excluding carboxylic acids is 1. The number of ether oxygens (including phenoxy) is 1. The minimum absolute atomic E-state index is 0.0651. The minimum atomic E-state index is -0.324. The van der Waals surface area contributed by atoms with E-state index in [9.17, 15) is 4.79 Å². The molecule has 12 heavy (non-hydrogen) atoms. The molecule has 3 heteroatoms. The van der Waals surface area contributed by atoms with Gasteiger partial charge in [0.1, 0.15) is 6.10 Å². The van der Waals surface area contributed by atoms with Crippen LogP contribution in [-0.2, 0) is 9.53 Å². The fourth-order valence-electron chi connectivity index (χ4n) is 1.42. The van der Waals surface area contributed by atoms with E-state index in [1.807, 2.05) is 0 Å². The number of nitrogens with two attached hydrogens (primary N) is 1. The van der Waals surface area contributed by atoms with Crippen LogP contribution < -0.4 is 5.73 Å². The Labute approximate surface area is 72.6 Å². The van der Waals surface area contributed by atoms with Crippen LogP contribution >= 0.6 is 0 Å². The Hall–Kier alpha value is -0.830. The average Bonchev–Trinajstić information content (AvgIpc) is 2.09. The number of rotatable bonds is 2. The average molecular weight is 169 g/mol. The fourth-order valence-corrected chi connectivity index (χ4v) is 1.42. The number of carbonyl (C=O) groups is 1. The molecule has 68 valence electrons. The molecule has 1 aliphatic carbocycles. The predicted molar refractivity (Wildman–Crippen MR) is 46.5 cm³/mol. The van der Waals surface area contributed by atoms with E-state index in [0.717, 1.165) is 25.7 Å². The van der Waals surface area contributed by atoms with Crippen molar-refractivity contribution in [3.63, 3.8) is 0 Å². The van der Waals surface area contributed by atoms with E-state index in [0.29, 0.717) is 6.04 Å². The van der Waals surface area contributed by atoms with Gasteiger partial charge in [-0.1, -0.05) is 6.58 Å². The third kappa shape index (κ3) is 2.66. The summed E-state index contributed by atoms with van der Waals surface area (Å²) in [5.41, 5.74) is 5.70. The van der Waals surface area contributed by atoms with E-state index in [1.54, 1.807) is 0 Å². The molecule has 0 aromatic carbocycles. The standard InChI is InChI=1S/C9H15NO2/c1-2-9(11)12-8-5-3-7(10)4-6-8/h2,7-8H,1,3-6,10H2. The van der Waals surface area contributed by atoms with Gasteiger partial charge in [0.2, 0.25) is 0 Å². The van der Waals surface area contributed by atoms with E-state index >= 15 is 0 Å². The Balaban J connectivity index is 2.26. The fraction of sp³-hybridized carbons (Fsp3) is 0.667. The lowest BCUT2D eigenvalue weighted by atomic mass is 9.94. The molecule has 0 atom stereocenters. The summed E-state index contributed by atoms with van der Waals surface area (Å²) in [5, 5.41) is 0. The van der Waals surface area contributed by atoms with Crippen LogP contribution in [0.3, 0.4) is 0 Å². The molecule has 1 fully saturated rings. The quantitative estimate of drug-likeness (QED) is 0.495. The Morgan fingerprint density at radius 1 is 1.42 bits per heavy atom. The molecular formula is C9H15NO2. The van der Waals surface area contributed by atoms with Gasteiger partial charge in [-0.3, -0.25) is 0 Å². The van der Waals surface area contributed by atoms with Crippen LogP contribution in [0.4, 0.5) is 0 Å². The summed E-state index contributed by atoms with van der Waals surface area (Å²) in [6.45, 7) is 3.34. The highest BCUT2D eigenvalue weighted by Crippen LogP contribution is 2.19. The van der Waals surface area contributed by atoms with Crippen molar-refractivity contribution in [2.24, 2.45) is 5.73 Å². The van der Waals surface area contributed by atoms with Crippen molar-refractivity contribution in [1.29, 1.82) is 0 Å². The van der Waals surface area contributed by atoms with Gasteiger partial charge in [-0.05, 0) is 25.7 Å². The maximum absolute atomic E-state index is 10.8. The molecular weight excluding hydrogens is 154 g/mol. The zero-order valence-corrected chi connectivity index (χ0v) is 7.16. The molecule has 0 saturated heterocycles. The second-order valence-electron chi connectivity index (χ2n) is 3.18. The first-order chi connectivity index (χ1) is 5.72. The second kappa shape index (κ2) is 4.26. The van der Waals surface area contributed by atoms with Crippen LogP contribution in [0.25, 0.3) is 0 Å². The molecule has 0 heterocycles. The lowest BCUT2D eigenvalue weighted by molar-refractivity contribution is -0.144. The van der Waals surface area contributed by atoms with Crippen LogP contribution in [0.5, 0.6) is 0 Å². The van der Waals surface area contributed by atoms with Gasteiger partial charge in [0.25, 0.3) is 0 Å².